The lowest BCUT2D eigenvalue weighted by molar-refractivity contribution is -0.137. The van der Waals surface area contributed by atoms with Gasteiger partial charge in [0.05, 0.1) is 11.0 Å². The highest BCUT2D eigenvalue weighted by molar-refractivity contribution is 6.18. The standard InChI is InChI=1S/C16H21Cl2N3O2.ClH.H2O/c1-20-14-6-5-12(21(9-7-17)10-8-18)11-13(14)19-15(20)3-2-4-16(22)23;;/h5-6,11H,2-4,7-10H2,1H3,(H,22,23);1H;1H2. The molecule has 1 aromatic carbocycles. The molecule has 0 aliphatic heterocycles. The van der Waals surface area contributed by atoms with Crippen molar-refractivity contribution in [3.8, 4) is 0 Å². The van der Waals surface area contributed by atoms with Crippen LogP contribution in [0.25, 0.3) is 11.0 Å². The van der Waals surface area contributed by atoms with Gasteiger partial charge in [-0.1, -0.05) is 0 Å². The van der Waals surface area contributed by atoms with Gasteiger partial charge in [-0.15, -0.1) is 35.6 Å². The fraction of sp³-hybridized carbons (Fsp3) is 0.500. The lowest BCUT2D eigenvalue weighted by Gasteiger charge is -2.22. The molecule has 0 spiro atoms. The fourth-order valence-electron chi connectivity index (χ4n) is 2.63. The fourth-order valence-corrected chi connectivity index (χ4v) is 3.04. The van der Waals surface area contributed by atoms with E-state index in [4.69, 9.17) is 28.3 Å². The smallest absolute Gasteiger partial charge is 0.303 e. The Labute approximate surface area is 163 Å². The molecule has 0 saturated carbocycles. The molecule has 0 fully saturated rings. The molecule has 9 heteroatoms. The van der Waals surface area contributed by atoms with E-state index in [-0.39, 0.29) is 24.3 Å². The summed E-state index contributed by atoms with van der Waals surface area (Å²) in [6.07, 6.45) is 1.40. The van der Waals surface area contributed by atoms with E-state index in [1.54, 1.807) is 0 Å². The summed E-state index contributed by atoms with van der Waals surface area (Å²) in [6.45, 7) is 1.47. The predicted octanol–water partition coefficient (Wildman–Crippen LogP) is 2.86. The SMILES string of the molecule is Cl.Cn1c(CCCC(=O)O)nc2cc(N(CCCl)CCCl)ccc21.O. The van der Waals surface area contributed by atoms with Crippen molar-refractivity contribution in [3.63, 3.8) is 0 Å². The van der Waals surface area contributed by atoms with Crippen LogP contribution in [0.5, 0.6) is 0 Å². The maximum absolute atomic E-state index is 10.6. The zero-order chi connectivity index (χ0) is 16.8. The number of fused-ring (bicyclic) bond motifs is 1. The topological polar surface area (TPSA) is 89.9 Å². The molecule has 25 heavy (non-hydrogen) atoms. The minimum atomic E-state index is -0.774. The molecule has 1 aromatic heterocycles. The van der Waals surface area contributed by atoms with E-state index >= 15 is 0 Å². The molecule has 0 saturated heterocycles. The summed E-state index contributed by atoms with van der Waals surface area (Å²) in [6, 6.07) is 6.12. The molecule has 0 aliphatic carbocycles. The molecule has 2 aromatic rings. The van der Waals surface area contributed by atoms with Gasteiger partial charge >= 0.3 is 5.97 Å². The number of nitrogens with zero attached hydrogens (tertiary/aromatic N) is 3. The summed E-state index contributed by atoms with van der Waals surface area (Å²) in [5, 5.41) is 8.74. The third-order valence-electron chi connectivity index (χ3n) is 3.82. The van der Waals surface area contributed by atoms with Crippen LogP contribution in [0.2, 0.25) is 0 Å². The summed E-state index contributed by atoms with van der Waals surface area (Å²) in [5.74, 6) is 1.21. The molecule has 0 bridgehead atoms. The lowest BCUT2D eigenvalue weighted by atomic mass is 10.2. The van der Waals surface area contributed by atoms with Crippen LogP contribution >= 0.6 is 35.6 Å². The number of aryl methyl sites for hydroxylation is 2. The highest BCUT2D eigenvalue weighted by atomic mass is 35.5. The molecule has 1 heterocycles. The summed E-state index contributed by atoms with van der Waals surface area (Å²) in [7, 11) is 1.96. The third-order valence-corrected chi connectivity index (χ3v) is 4.16. The van der Waals surface area contributed by atoms with Crippen LogP contribution in [0, 0.1) is 0 Å². The normalized spacial score (nSPS) is 10.2. The summed E-state index contributed by atoms with van der Waals surface area (Å²) < 4.78 is 2.02. The maximum Gasteiger partial charge on any atom is 0.303 e. The average Bonchev–Trinajstić information content (AvgIpc) is 2.83. The first-order valence-electron chi connectivity index (χ1n) is 7.61. The van der Waals surface area contributed by atoms with Gasteiger partial charge in [0, 0.05) is 50.4 Å². The van der Waals surface area contributed by atoms with Crippen LogP contribution in [0.4, 0.5) is 5.69 Å². The molecule has 0 unspecified atom stereocenters. The Morgan fingerprint density at radius 3 is 2.48 bits per heavy atom. The van der Waals surface area contributed by atoms with Gasteiger partial charge in [0.2, 0.25) is 0 Å². The van der Waals surface area contributed by atoms with Crippen LogP contribution in [0.1, 0.15) is 18.7 Å². The van der Waals surface area contributed by atoms with Crippen molar-refractivity contribution in [1.82, 2.24) is 9.55 Å². The van der Waals surface area contributed by atoms with Crippen LogP contribution in [0.15, 0.2) is 18.2 Å². The predicted molar refractivity (Wildman–Crippen MR) is 106 cm³/mol. The van der Waals surface area contributed by atoms with Gasteiger partial charge < -0.3 is 20.0 Å². The number of carboxylic acid groups (broad SMARTS) is 1. The summed E-state index contributed by atoms with van der Waals surface area (Å²) in [5.41, 5.74) is 2.99. The van der Waals surface area contributed by atoms with E-state index < -0.39 is 5.97 Å². The number of hydrogen-bond acceptors (Lipinski definition) is 3. The van der Waals surface area contributed by atoms with Crippen molar-refractivity contribution in [2.45, 2.75) is 19.3 Å². The Balaban J connectivity index is 0.00000288. The van der Waals surface area contributed by atoms with Crippen molar-refractivity contribution in [1.29, 1.82) is 0 Å². The van der Waals surface area contributed by atoms with Crippen molar-refractivity contribution in [2.24, 2.45) is 7.05 Å². The Bertz CT molecular complexity index is 673. The first-order valence-corrected chi connectivity index (χ1v) is 8.67. The number of hydrogen-bond donors (Lipinski definition) is 1. The Morgan fingerprint density at radius 1 is 1.28 bits per heavy atom. The Kier molecular flexibility index (Phi) is 10.9. The molecular formula is C16H24Cl3N3O3. The lowest BCUT2D eigenvalue weighted by Crippen LogP contribution is -2.27. The van der Waals surface area contributed by atoms with E-state index in [9.17, 15) is 4.79 Å². The van der Waals surface area contributed by atoms with Gasteiger partial charge in [-0.05, 0) is 24.6 Å². The number of imidazole rings is 1. The molecule has 2 rings (SSSR count). The van der Waals surface area contributed by atoms with Gasteiger partial charge in [-0.25, -0.2) is 4.98 Å². The van der Waals surface area contributed by atoms with Crippen LogP contribution in [-0.2, 0) is 18.3 Å². The molecule has 6 nitrogen and oxygen atoms in total. The summed E-state index contributed by atoms with van der Waals surface area (Å²) >= 11 is 11.7. The molecule has 3 N–H and O–H groups in total. The number of carbonyl (C=O) groups is 1. The zero-order valence-electron chi connectivity index (χ0n) is 14.0. The second-order valence-corrected chi connectivity index (χ2v) is 6.13. The molecule has 0 aliphatic rings. The number of rotatable bonds is 9. The Morgan fingerprint density at radius 2 is 1.92 bits per heavy atom. The zero-order valence-corrected chi connectivity index (χ0v) is 16.4. The third kappa shape index (κ3) is 6.22. The van der Waals surface area contributed by atoms with Crippen molar-refractivity contribution < 1.29 is 15.4 Å². The minimum Gasteiger partial charge on any atom is -0.481 e. The van der Waals surface area contributed by atoms with Crippen LogP contribution in [-0.4, -0.2) is 51.0 Å². The van der Waals surface area contributed by atoms with Crippen LogP contribution in [0.3, 0.4) is 0 Å². The minimum absolute atomic E-state index is 0. The highest BCUT2D eigenvalue weighted by Gasteiger charge is 2.11. The van der Waals surface area contributed by atoms with Crippen molar-refractivity contribution >= 4 is 58.3 Å². The van der Waals surface area contributed by atoms with E-state index in [0.29, 0.717) is 24.6 Å². The highest BCUT2D eigenvalue weighted by Crippen LogP contribution is 2.23. The first-order chi connectivity index (χ1) is 11.1. The average molecular weight is 413 g/mol. The van der Waals surface area contributed by atoms with E-state index in [0.717, 1.165) is 35.6 Å². The monoisotopic (exact) mass is 411 g/mol. The van der Waals surface area contributed by atoms with Crippen molar-refractivity contribution in [3.05, 3.63) is 24.0 Å². The molecule has 0 amide bonds. The largest absolute Gasteiger partial charge is 0.481 e. The molecule has 0 radical (unpaired) electrons. The number of carboxylic acids is 1. The number of aromatic nitrogens is 2. The van der Waals surface area contributed by atoms with Gasteiger partial charge in [0.15, 0.2) is 0 Å². The number of benzene rings is 1. The van der Waals surface area contributed by atoms with Gasteiger partial charge in [0.1, 0.15) is 5.82 Å². The van der Waals surface area contributed by atoms with Gasteiger partial charge in [-0.2, -0.15) is 0 Å². The van der Waals surface area contributed by atoms with E-state index in [2.05, 4.69) is 9.88 Å². The number of aliphatic carboxylic acids is 1. The second kappa shape index (κ2) is 11.4. The van der Waals surface area contributed by atoms with E-state index in [1.807, 2.05) is 29.8 Å². The molecular weight excluding hydrogens is 389 g/mol. The quantitative estimate of drug-likeness (QED) is 0.641. The van der Waals surface area contributed by atoms with E-state index in [1.165, 1.54) is 0 Å². The first kappa shape index (κ1) is 23.8. The van der Waals surface area contributed by atoms with Crippen LogP contribution < -0.4 is 4.90 Å². The maximum atomic E-state index is 10.6. The molecule has 142 valence electrons. The van der Waals surface area contributed by atoms with Crippen molar-refractivity contribution in [2.75, 3.05) is 29.7 Å². The number of alkyl halides is 2. The number of halogens is 3. The Hall–Kier alpha value is -1.21. The van der Waals surface area contributed by atoms with Gasteiger partial charge in [0.25, 0.3) is 0 Å². The molecule has 0 atom stereocenters. The second-order valence-electron chi connectivity index (χ2n) is 5.37. The summed E-state index contributed by atoms with van der Waals surface area (Å²) in [4.78, 5) is 17.4. The number of anilines is 1. The van der Waals surface area contributed by atoms with Gasteiger partial charge in [-0.3, -0.25) is 4.79 Å².